The Bertz CT molecular complexity index is 405. The molecular weight excluding hydrogens is 335 g/mol. The second kappa shape index (κ2) is 5.66. The number of carbonyl (C=O) groups is 2. The van der Waals surface area contributed by atoms with Crippen LogP contribution < -0.4 is 0 Å². The van der Waals surface area contributed by atoms with E-state index in [2.05, 4.69) is 0 Å². The number of Topliss-reactive ketones (excluding diaryl/α,β-unsaturated/α-hetero) is 1. The maximum atomic E-state index is 11.9. The van der Waals surface area contributed by atoms with E-state index in [4.69, 9.17) is 9.47 Å². The molecule has 0 amide bonds. The molecule has 1 rings (SSSR count). The Hall–Kier alpha value is -0.850. The van der Waals surface area contributed by atoms with E-state index in [1.807, 2.05) is 22.6 Å². The first kappa shape index (κ1) is 14.2. The number of ether oxygens (including phenoxy) is 2. The third-order valence-electron chi connectivity index (χ3n) is 1.82. The Labute approximate surface area is 114 Å². The molecule has 1 aliphatic rings. The van der Waals surface area contributed by atoms with Crippen molar-refractivity contribution in [3.05, 3.63) is 21.2 Å². The maximum absolute atomic E-state index is 11.9. The van der Waals surface area contributed by atoms with E-state index >= 15 is 0 Å². The SMILES string of the molecule is CC(C)OC1=C(OC(C)C)C(=O)C(I)=CC1=O. The van der Waals surface area contributed by atoms with Crippen LogP contribution in [-0.2, 0) is 19.1 Å². The topological polar surface area (TPSA) is 52.6 Å². The second-order valence-corrected chi connectivity index (χ2v) is 5.34. The van der Waals surface area contributed by atoms with Gasteiger partial charge in [0, 0.05) is 6.08 Å². The Kier molecular flexibility index (Phi) is 4.73. The molecule has 0 unspecified atom stereocenters. The zero-order valence-electron chi connectivity index (χ0n) is 10.2. The van der Waals surface area contributed by atoms with E-state index in [1.54, 1.807) is 27.7 Å². The van der Waals surface area contributed by atoms with Crippen molar-refractivity contribution in [3.8, 4) is 0 Å². The lowest BCUT2D eigenvalue weighted by Gasteiger charge is -2.21. The van der Waals surface area contributed by atoms with Gasteiger partial charge in [-0.15, -0.1) is 0 Å². The molecule has 4 nitrogen and oxygen atoms in total. The number of carbonyl (C=O) groups excluding carboxylic acids is 2. The zero-order valence-corrected chi connectivity index (χ0v) is 12.4. The van der Waals surface area contributed by atoms with E-state index in [0.29, 0.717) is 3.58 Å². The molecule has 1 aliphatic carbocycles. The van der Waals surface area contributed by atoms with Gasteiger partial charge in [0.15, 0.2) is 0 Å². The standard InChI is InChI=1S/C12H15IO4/c1-6(2)16-11-9(14)5-8(13)10(15)12(11)17-7(3)4/h5-7H,1-4H3. The van der Waals surface area contributed by atoms with Crippen molar-refractivity contribution in [2.75, 3.05) is 0 Å². The predicted molar refractivity (Wildman–Crippen MR) is 71.6 cm³/mol. The molecule has 0 spiro atoms. The second-order valence-electron chi connectivity index (χ2n) is 4.18. The van der Waals surface area contributed by atoms with Crippen LogP contribution in [0.1, 0.15) is 27.7 Å². The van der Waals surface area contributed by atoms with Gasteiger partial charge in [-0.05, 0) is 50.3 Å². The van der Waals surface area contributed by atoms with Crippen molar-refractivity contribution in [3.63, 3.8) is 0 Å². The van der Waals surface area contributed by atoms with E-state index in [0.717, 1.165) is 0 Å². The van der Waals surface area contributed by atoms with E-state index < -0.39 is 0 Å². The Morgan fingerprint density at radius 3 is 1.94 bits per heavy atom. The minimum atomic E-state index is -0.321. The molecular formula is C12H15IO4. The van der Waals surface area contributed by atoms with Crippen LogP contribution in [0.2, 0.25) is 0 Å². The van der Waals surface area contributed by atoms with Crippen LogP contribution >= 0.6 is 22.6 Å². The molecule has 0 fully saturated rings. The molecule has 0 saturated carbocycles. The fraction of sp³-hybridized carbons (Fsp3) is 0.500. The molecule has 0 aliphatic heterocycles. The van der Waals surface area contributed by atoms with Gasteiger partial charge in [0.05, 0.1) is 15.8 Å². The van der Waals surface area contributed by atoms with Gasteiger partial charge in [0.25, 0.3) is 0 Å². The first-order chi connectivity index (χ1) is 7.82. The summed E-state index contributed by atoms with van der Waals surface area (Å²) in [6, 6.07) is 0. The third-order valence-corrected chi connectivity index (χ3v) is 2.62. The van der Waals surface area contributed by atoms with Crippen molar-refractivity contribution >= 4 is 34.2 Å². The predicted octanol–water partition coefficient (Wildman–Crippen LogP) is 2.52. The van der Waals surface area contributed by atoms with Crippen LogP contribution in [0, 0.1) is 0 Å². The number of ketones is 2. The quantitative estimate of drug-likeness (QED) is 0.578. The molecule has 0 N–H and O–H groups in total. The summed E-state index contributed by atoms with van der Waals surface area (Å²) in [4.78, 5) is 23.7. The lowest BCUT2D eigenvalue weighted by molar-refractivity contribution is -0.121. The molecule has 0 radical (unpaired) electrons. The minimum Gasteiger partial charge on any atom is -0.483 e. The van der Waals surface area contributed by atoms with Crippen LogP contribution in [0.15, 0.2) is 21.2 Å². The van der Waals surface area contributed by atoms with E-state index in [9.17, 15) is 9.59 Å². The summed E-state index contributed by atoms with van der Waals surface area (Å²) in [6.07, 6.45) is 0.903. The highest BCUT2D eigenvalue weighted by Gasteiger charge is 2.31. The third kappa shape index (κ3) is 3.55. The fourth-order valence-electron chi connectivity index (χ4n) is 1.26. The van der Waals surface area contributed by atoms with Crippen LogP contribution in [0.4, 0.5) is 0 Å². The average Bonchev–Trinajstić information content (AvgIpc) is 2.19. The molecule has 0 heterocycles. The van der Waals surface area contributed by atoms with Crippen molar-refractivity contribution in [2.45, 2.75) is 39.9 Å². The maximum Gasteiger partial charge on any atom is 0.237 e. The first-order valence-corrected chi connectivity index (χ1v) is 6.44. The van der Waals surface area contributed by atoms with E-state index in [-0.39, 0.29) is 35.3 Å². The summed E-state index contributed by atoms with van der Waals surface area (Å²) in [5, 5.41) is 0. The molecule has 94 valence electrons. The molecule has 0 aromatic heterocycles. The number of halogens is 1. The van der Waals surface area contributed by atoms with Gasteiger partial charge in [-0.3, -0.25) is 9.59 Å². The molecule has 0 bridgehead atoms. The highest BCUT2D eigenvalue weighted by molar-refractivity contribution is 14.1. The largest absolute Gasteiger partial charge is 0.483 e. The van der Waals surface area contributed by atoms with Gasteiger partial charge in [-0.2, -0.15) is 0 Å². The Morgan fingerprint density at radius 1 is 1.00 bits per heavy atom. The highest BCUT2D eigenvalue weighted by atomic mass is 127. The van der Waals surface area contributed by atoms with Crippen molar-refractivity contribution in [1.29, 1.82) is 0 Å². The van der Waals surface area contributed by atoms with Gasteiger partial charge in [-0.25, -0.2) is 0 Å². The Balaban J connectivity index is 3.14. The van der Waals surface area contributed by atoms with Gasteiger partial charge in [0.2, 0.25) is 23.1 Å². The summed E-state index contributed by atoms with van der Waals surface area (Å²) < 4.78 is 11.1. The van der Waals surface area contributed by atoms with Crippen LogP contribution in [0.25, 0.3) is 0 Å². The molecule has 0 saturated heterocycles. The number of allylic oxidation sites excluding steroid dienone is 2. The number of hydrogen-bond donors (Lipinski definition) is 0. The van der Waals surface area contributed by atoms with Gasteiger partial charge in [-0.1, -0.05) is 0 Å². The highest BCUT2D eigenvalue weighted by Crippen LogP contribution is 2.26. The zero-order chi connectivity index (χ0) is 13.2. The summed E-state index contributed by atoms with van der Waals surface area (Å²) in [7, 11) is 0. The van der Waals surface area contributed by atoms with Crippen molar-refractivity contribution in [2.24, 2.45) is 0 Å². The van der Waals surface area contributed by atoms with E-state index in [1.165, 1.54) is 6.08 Å². The molecule has 0 aromatic rings. The van der Waals surface area contributed by atoms with Crippen molar-refractivity contribution < 1.29 is 19.1 Å². The minimum absolute atomic E-state index is 0.0131. The normalized spacial score (nSPS) is 16.8. The summed E-state index contributed by atoms with van der Waals surface area (Å²) in [5.74, 6) is -0.586. The van der Waals surface area contributed by atoms with Crippen LogP contribution in [0.3, 0.4) is 0 Å². The molecule has 17 heavy (non-hydrogen) atoms. The van der Waals surface area contributed by atoms with Gasteiger partial charge >= 0.3 is 0 Å². The lowest BCUT2D eigenvalue weighted by atomic mass is 10.1. The molecule has 0 atom stereocenters. The Morgan fingerprint density at radius 2 is 1.47 bits per heavy atom. The summed E-state index contributed by atoms with van der Waals surface area (Å²) >= 11 is 1.82. The number of rotatable bonds is 4. The number of hydrogen-bond acceptors (Lipinski definition) is 4. The smallest absolute Gasteiger partial charge is 0.237 e. The molecule has 0 aromatic carbocycles. The lowest BCUT2D eigenvalue weighted by Crippen LogP contribution is -2.24. The van der Waals surface area contributed by atoms with Gasteiger partial charge in [0.1, 0.15) is 0 Å². The van der Waals surface area contributed by atoms with Crippen LogP contribution in [-0.4, -0.2) is 23.8 Å². The van der Waals surface area contributed by atoms with Crippen LogP contribution in [0.5, 0.6) is 0 Å². The summed E-state index contributed by atoms with van der Waals surface area (Å²) in [5.41, 5.74) is 0. The average molecular weight is 350 g/mol. The first-order valence-electron chi connectivity index (χ1n) is 5.36. The van der Waals surface area contributed by atoms with Gasteiger partial charge < -0.3 is 9.47 Å². The molecule has 5 heteroatoms. The van der Waals surface area contributed by atoms with Crippen molar-refractivity contribution in [1.82, 2.24) is 0 Å². The monoisotopic (exact) mass is 350 g/mol. The fourth-order valence-corrected chi connectivity index (χ4v) is 1.79. The summed E-state index contributed by atoms with van der Waals surface area (Å²) in [6.45, 7) is 7.17.